The quantitative estimate of drug-likeness (QED) is 0.498. The van der Waals surface area contributed by atoms with E-state index in [-0.39, 0.29) is 18.3 Å². The highest BCUT2D eigenvalue weighted by atomic mass is 35.5. The second-order valence-corrected chi connectivity index (χ2v) is 10.2. The summed E-state index contributed by atoms with van der Waals surface area (Å²) in [5.41, 5.74) is 2.19. The van der Waals surface area contributed by atoms with Crippen molar-refractivity contribution in [3.63, 3.8) is 0 Å². The number of carboxylic acids is 1. The van der Waals surface area contributed by atoms with E-state index in [4.69, 9.17) is 26.7 Å². The number of carbonyl (C=O) groups is 1. The summed E-state index contributed by atoms with van der Waals surface area (Å²) in [4.78, 5) is 32.0. The van der Waals surface area contributed by atoms with E-state index in [1.54, 1.807) is 24.4 Å². The minimum atomic E-state index is -0.916. The molecular formula is C27H30ClFN6O2. The molecule has 2 fully saturated rings. The van der Waals surface area contributed by atoms with Gasteiger partial charge in [0.25, 0.3) is 0 Å². The molecule has 0 bridgehead atoms. The van der Waals surface area contributed by atoms with Crippen molar-refractivity contribution in [2.45, 2.75) is 45.2 Å². The molecule has 1 N–H and O–H groups in total. The molecule has 2 atom stereocenters. The molecular weight excluding hydrogens is 495 g/mol. The lowest BCUT2D eigenvalue weighted by atomic mass is 10.1. The SMILES string of the molecule is C[C@@H]1CN(c2ncc(CC(=O)O)cc2Cl)CCN1c1cc(-c2ccc(F)cc2)nc(N2CCC[C@H]2C)n1. The van der Waals surface area contributed by atoms with Crippen molar-refractivity contribution in [3.8, 4) is 11.3 Å². The van der Waals surface area contributed by atoms with Gasteiger partial charge in [-0.05, 0) is 62.6 Å². The Kier molecular flexibility index (Phi) is 7.15. The second kappa shape index (κ2) is 10.5. The van der Waals surface area contributed by atoms with Gasteiger partial charge in [-0.15, -0.1) is 0 Å². The van der Waals surface area contributed by atoms with Gasteiger partial charge in [-0.1, -0.05) is 11.6 Å². The summed E-state index contributed by atoms with van der Waals surface area (Å²) in [5, 5.41) is 9.49. The van der Waals surface area contributed by atoms with Gasteiger partial charge in [0.2, 0.25) is 5.95 Å². The molecule has 4 heterocycles. The van der Waals surface area contributed by atoms with Crippen molar-refractivity contribution in [2.24, 2.45) is 0 Å². The number of pyridine rings is 1. The third-order valence-electron chi connectivity index (χ3n) is 7.11. The van der Waals surface area contributed by atoms with Gasteiger partial charge in [-0.25, -0.2) is 14.4 Å². The van der Waals surface area contributed by atoms with Crippen LogP contribution >= 0.6 is 11.6 Å². The smallest absolute Gasteiger partial charge is 0.307 e. The molecule has 0 unspecified atom stereocenters. The minimum absolute atomic E-state index is 0.102. The molecule has 2 aliphatic rings. The van der Waals surface area contributed by atoms with E-state index in [2.05, 4.69) is 33.5 Å². The molecule has 0 saturated carbocycles. The van der Waals surface area contributed by atoms with Crippen LogP contribution in [0.3, 0.4) is 0 Å². The van der Waals surface area contributed by atoms with Crippen LogP contribution in [0.25, 0.3) is 11.3 Å². The predicted molar refractivity (Wildman–Crippen MR) is 143 cm³/mol. The summed E-state index contributed by atoms with van der Waals surface area (Å²) in [5.74, 6) is 1.00. The van der Waals surface area contributed by atoms with Crippen molar-refractivity contribution in [1.82, 2.24) is 15.0 Å². The van der Waals surface area contributed by atoms with E-state index < -0.39 is 5.97 Å². The van der Waals surface area contributed by atoms with Gasteiger partial charge in [0.1, 0.15) is 17.5 Å². The van der Waals surface area contributed by atoms with Gasteiger partial charge in [-0.3, -0.25) is 4.79 Å². The lowest BCUT2D eigenvalue weighted by Crippen LogP contribution is -2.52. The van der Waals surface area contributed by atoms with Gasteiger partial charge in [0, 0.05) is 56.1 Å². The first kappa shape index (κ1) is 25.2. The van der Waals surface area contributed by atoms with Crippen molar-refractivity contribution in [3.05, 3.63) is 59.0 Å². The highest BCUT2D eigenvalue weighted by molar-refractivity contribution is 6.33. The average molecular weight is 525 g/mol. The topological polar surface area (TPSA) is 85.7 Å². The first-order chi connectivity index (χ1) is 17.8. The van der Waals surface area contributed by atoms with Crippen molar-refractivity contribution < 1.29 is 14.3 Å². The predicted octanol–water partition coefficient (Wildman–Crippen LogP) is 4.66. The number of carboxylic acid groups (broad SMARTS) is 1. The number of anilines is 3. The Morgan fingerprint density at radius 3 is 2.51 bits per heavy atom. The van der Waals surface area contributed by atoms with Gasteiger partial charge in [-0.2, -0.15) is 4.98 Å². The zero-order chi connectivity index (χ0) is 26.1. The van der Waals surface area contributed by atoms with E-state index in [0.29, 0.717) is 48.0 Å². The van der Waals surface area contributed by atoms with Gasteiger partial charge >= 0.3 is 5.97 Å². The third kappa shape index (κ3) is 5.46. The number of aliphatic carboxylic acids is 1. The van der Waals surface area contributed by atoms with Crippen LogP contribution in [0, 0.1) is 5.82 Å². The Bertz CT molecular complexity index is 1290. The maximum absolute atomic E-state index is 13.6. The number of piperazine rings is 1. The first-order valence-corrected chi connectivity index (χ1v) is 13.0. The largest absolute Gasteiger partial charge is 0.481 e. The standard InChI is InChI=1S/C27H30ClFN6O2/c1-17-4-3-9-35(17)27-31-23(20-5-7-21(29)8-6-20)14-24(32-27)34-11-10-33(16-18(34)2)26-22(28)12-19(15-30-26)13-25(36)37/h5-8,12,14-15,17-18H,3-4,9-11,13,16H2,1-2H3,(H,36,37)/t17-,18-/m1/s1. The molecule has 5 rings (SSSR count). The summed E-state index contributed by atoms with van der Waals surface area (Å²) in [6.45, 7) is 7.30. The Hall–Kier alpha value is -3.46. The summed E-state index contributed by atoms with van der Waals surface area (Å²) in [6, 6.07) is 10.5. The molecule has 8 nitrogen and oxygen atoms in total. The molecule has 2 saturated heterocycles. The van der Waals surface area contributed by atoms with Crippen LogP contribution < -0.4 is 14.7 Å². The Labute approximate surface area is 220 Å². The van der Waals surface area contributed by atoms with Gasteiger partial charge < -0.3 is 19.8 Å². The minimum Gasteiger partial charge on any atom is -0.481 e. The van der Waals surface area contributed by atoms with E-state index >= 15 is 0 Å². The van der Waals surface area contributed by atoms with Crippen molar-refractivity contribution in [2.75, 3.05) is 40.9 Å². The molecule has 0 amide bonds. The van der Waals surface area contributed by atoms with Gasteiger partial charge in [0.05, 0.1) is 17.1 Å². The maximum Gasteiger partial charge on any atom is 0.307 e. The normalized spacial score (nSPS) is 19.9. The zero-order valence-corrected chi connectivity index (χ0v) is 21.7. The van der Waals surface area contributed by atoms with Crippen LogP contribution in [0.4, 0.5) is 22.0 Å². The number of rotatable bonds is 6. The van der Waals surface area contributed by atoms with E-state index in [1.807, 2.05) is 6.07 Å². The fourth-order valence-electron chi connectivity index (χ4n) is 5.16. The summed E-state index contributed by atoms with van der Waals surface area (Å²) < 4.78 is 13.6. The third-order valence-corrected chi connectivity index (χ3v) is 7.38. The lowest BCUT2D eigenvalue weighted by Gasteiger charge is -2.41. The number of hydrogen-bond donors (Lipinski definition) is 1. The first-order valence-electron chi connectivity index (χ1n) is 12.6. The van der Waals surface area contributed by atoms with Crippen LogP contribution in [0.5, 0.6) is 0 Å². The highest BCUT2D eigenvalue weighted by Crippen LogP contribution is 2.32. The molecule has 0 aliphatic carbocycles. The molecule has 1 aromatic carbocycles. The average Bonchev–Trinajstić information content (AvgIpc) is 3.30. The Balaban J connectivity index is 1.41. The van der Waals surface area contributed by atoms with Crippen LogP contribution in [-0.4, -0.2) is 64.3 Å². The lowest BCUT2D eigenvalue weighted by molar-refractivity contribution is -0.136. The zero-order valence-electron chi connectivity index (χ0n) is 20.9. The molecule has 3 aromatic rings. The molecule has 2 aliphatic heterocycles. The van der Waals surface area contributed by atoms with E-state index in [0.717, 1.165) is 36.5 Å². The summed E-state index contributed by atoms with van der Waals surface area (Å²) >= 11 is 6.49. The monoisotopic (exact) mass is 524 g/mol. The van der Waals surface area contributed by atoms with Crippen LogP contribution in [0.2, 0.25) is 5.02 Å². The highest BCUT2D eigenvalue weighted by Gasteiger charge is 2.29. The van der Waals surface area contributed by atoms with Crippen molar-refractivity contribution in [1.29, 1.82) is 0 Å². The number of hydrogen-bond acceptors (Lipinski definition) is 7. The number of nitrogens with zero attached hydrogens (tertiary/aromatic N) is 6. The molecule has 0 radical (unpaired) electrons. The number of halogens is 2. The molecule has 194 valence electrons. The van der Waals surface area contributed by atoms with Crippen molar-refractivity contribution >= 4 is 35.2 Å². The van der Waals surface area contributed by atoms with Crippen LogP contribution in [-0.2, 0) is 11.2 Å². The Morgan fingerprint density at radius 2 is 1.86 bits per heavy atom. The van der Waals surface area contributed by atoms with Crippen LogP contribution in [0.1, 0.15) is 32.3 Å². The number of benzene rings is 1. The second-order valence-electron chi connectivity index (χ2n) is 9.81. The van der Waals surface area contributed by atoms with Crippen LogP contribution in [0.15, 0.2) is 42.6 Å². The fraction of sp³-hybridized carbons (Fsp3) is 0.407. The van der Waals surface area contributed by atoms with E-state index in [1.165, 1.54) is 12.1 Å². The molecule has 0 spiro atoms. The molecule has 10 heteroatoms. The maximum atomic E-state index is 13.6. The van der Waals surface area contributed by atoms with Gasteiger partial charge in [0.15, 0.2) is 0 Å². The summed E-state index contributed by atoms with van der Waals surface area (Å²) in [6.07, 6.45) is 3.68. The molecule has 37 heavy (non-hydrogen) atoms. The fourth-order valence-corrected chi connectivity index (χ4v) is 5.47. The molecule has 2 aromatic heterocycles. The summed E-state index contributed by atoms with van der Waals surface area (Å²) in [7, 11) is 0. The number of aromatic nitrogens is 3. The Morgan fingerprint density at radius 1 is 1.08 bits per heavy atom. The van der Waals surface area contributed by atoms with E-state index in [9.17, 15) is 9.18 Å².